The lowest BCUT2D eigenvalue weighted by molar-refractivity contribution is 0.266. The summed E-state index contributed by atoms with van der Waals surface area (Å²) in [6.07, 6.45) is 0.867. The quantitative estimate of drug-likeness (QED) is 0.381. The largest absolute Gasteiger partial charge is 0.475 e. The summed E-state index contributed by atoms with van der Waals surface area (Å²) in [6.45, 7) is 2.78. The van der Waals surface area contributed by atoms with Crippen LogP contribution in [0.2, 0.25) is 0 Å². The number of benzene rings is 4. The standard InChI is InChI=1S/C29H26NOP/c1-29(21-23-13-5-2-6-14-23)22-31-28(30-29)26-19-11-12-20-27(26)32(24-15-7-3-8-16-24)25-17-9-4-10-18-25/h2-20H,21-22H2,1H3/t29-/m0/s1. The molecule has 4 aromatic rings. The second-order valence-electron chi connectivity index (χ2n) is 8.39. The van der Waals surface area contributed by atoms with E-state index in [4.69, 9.17) is 9.73 Å². The Morgan fingerprint density at radius 1 is 0.719 bits per heavy atom. The van der Waals surface area contributed by atoms with Crippen molar-refractivity contribution < 1.29 is 4.74 Å². The summed E-state index contributed by atoms with van der Waals surface area (Å²) >= 11 is 0. The highest BCUT2D eigenvalue weighted by Gasteiger charge is 2.34. The molecule has 1 atom stereocenters. The second kappa shape index (κ2) is 9.10. The maximum Gasteiger partial charge on any atom is 0.217 e. The highest BCUT2D eigenvalue weighted by Crippen LogP contribution is 2.35. The number of ether oxygens (including phenoxy) is 1. The molecule has 0 amide bonds. The van der Waals surface area contributed by atoms with Crippen molar-refractivity contribution in [2.24, 2.45) is 4.99 Å². The van der Waals surface area contributed by atoms with Crippen LogP contribution in [0.1, 0.15) is 18.1 Å². The molecule has 1 aliphatic rings. The van der Waals surface area contributed by atoms with Gasteiger partial charge in [0.05, 0.1) is 5.54 Å². The molecule has 0 saturated carbocycles. The van der Waals surface area contributed by atoms with Crippen LogP contribution >= 0.6 is 7.92 Å². The maximum atomic E-state index is 6.25. The molecule has 1 aliphatic heterocycles. The first-order chi connectivity index (χ1) is 15.7. The van der Waals surface area contributed by atoms with Gasteiger partial charge in [0.1, 0.15) is 6.61 Å². The Morgan fingerprint density at radius 2 is 1.25 bits per heavy atom. The van der Waals surface area contributed by atoms with Gasteiger partial charge in [0.2, 0.25) is 5.90 Å². The summed E-state index contributed by atoms with van der Waals surface area (Å²) in [4.78, 5) is 5.12. The Morgan fingerprint density at radius 3 is 1.88 bits per heavy atom. The predicted molar refractivity (Wildman–Crippen MR) is 136 cm³/mol. The van der Waals surface area contributed by atoms with Crippen LogP contribution < -0.4 is 15.9 Å². The first-order valence-corrected chi connectivity index (χ1v) is 12.3. The van der Waals surface area contributed by atoms with E-state index in [2.05, 4.69) is 122 Å². The molecule has 5 rings (SSSR count). The van der Waals surface area contributed by atoms with Crippen LogP contribution in [-0.2, 0) is 11.2 Å². The Labute approximate surface area is 191 Å². The van der Waals surface area contributed by atoms with Crippen LogP contribution in [0.3, 0.4) is 0 Å². The van der Waals surface area contributed by atoms with Crippen molar-refractivity contribution in [1.82, 2.24) is 0 Å². The van der Waals surface area contributed by atoms with Gasteiger partial charge in [-0.05, 0) is 42.4 Å². The fourth-order valence-corrected chi connectivity index (χ4v) is 6.67. The van der Waals surface area contributed by atoms with Gasteiger partial charge in [-0.1, -0.05) is 109 Å². The van der Waals surface area contributed by atoms with Gasteiger partial charge in [0, 0.05) is 12.0 Å². The second-order valence-corrected chi connectivity index (χ2v) is 10.6. The third kappa shape index (κ3) is 4.38. The average molecular weight is 436 g/mol. The Bertz CT molecular complexity index is 1170. The molecule has 0 unspecified atom stereocenters. The molecule has 0 saturated heterocycles. The van der Waals surface area contributed by atoms with E-state index in [-0.39, 0.29) is 5.54 Å². The van der Waals surface area contributed by atoms with Crippen LogP contribution in [0.4, 0.5) is 0 Å². The zero-order valence-electron chi connectivity index (χ0n) is 18.2. The molecule has 0 radical (unpaired) electrons. The lowest BCUT2D eigenvalue weighted by atomic mass is 9.95. The van der Waals surface area contributed by atoms with Crippen molar-refractivity contribution in [1.29, 1.82) is 0 Å². The molecule has 0 N–H and O–H groups in total. The van der Waals surface area contributed by atoms with Gasteiger partial charge in [-0.25, -0.2) is 4.99 Å². The monoisotopic (exact) mass is 435 g/mol. The molecule has 2 nitrogen and oxygen atoms in total. The number of hydrogen-bond acceptors (Lipinski definition) is 2. The van der Waals surface area contributed by atoms with Gasteiger partial charge >= 0.3 is 0 Å². The average Bonchev–Trinajstić information content (AvgIpc) is 3.23. The van der Waals surface area contributed by atoms with Gasteiger partial charge in [0.15, 0.2) is 0 Å². The van der Waals surface area contributed by atoms with E-state index in [1.165, 1.54) is 21.5 Å². The van der Waals surface area contributed by atoms with Crippen LogP contribution in [0.25, 0.3) is 0 Å². The number of rotatable bonds is 6. The molecule has 0 spiro atoms. The van der Waals surface area contributed by atoms with Gasteiger partial charge in [0.25, 0.3) is 0 Å². The topological polar surface area (TPSA) is 21.6 Å². The van der Waals surface area contributed by atoms with E-state index in [0.717, 1.165) is 17.9 Å². The minimum absolute atomic E-state index is 0.258. The van der Waals surface area contributed by atoms with Crippen LogP contribution in [0.5, 0.6) is 0 Å². The molecule has 1 heterocycles. The molecule has 4 aromatic carbocycles. The minimum Gasteiger partial charge on any atom is -0.475 e. The Kier molecular flexibility index (Phi) is 5.88. The first-order valence-electron chi connectivity index (χ1n) is 11.0. The summed E-state index contributed by atoms with van der Waals surface area (Å²) in [5.74, 6) is 0.762. The van der Waals surface area contributed by atoms with Crippen LogP contribution in [0.15, 0.2) is 120 Å². The molecule has 0 bridgehead atoms. The van der Waals surface area contributed by atoms with E-state index in [1.807, 2.05) is 0 Å². The number of aliphatic imine (C=N–C) groups is 1. The fourth-order valence-electron chi connectivity index (χ4n) is 4.23. The zero-order chi connectivity index (χ0) is 21.8. The number of hydrogen-bond donors (Lipinski definition) is 0. The summed E-state index contributed by atoms with van der Waals surface area (Å²) < 4.78 is 6.25. The highest BCUT2D eigenvalue weighted by molar-refractivity contribution is 7.80. The van der Waals surface area contributed by atoms with Gasteiger partial charge in [-0.3, -0.25) is 0 Å². The zero-order valence-corrected chi connectivity index (χ0v) is 19.1. The van der Waals surface area contributed by atoms with E-state index in [9.17, 15) is 0 Å². The predicted octanol–water partition coefficient (Wildman–Crippen LogP) is 5.22. The normalized spacial score (nSPS) is 17.8. The fraction of sp³-hybridized carbons (Fsp3) is 0.138. The summed E-state index contributed by atoms with van der Waals surface area (Å²) in [6, 6.07) is 40.7. The summed E-state index contributed by atoms with van der Waals surface area (Å²) in [5, 5.41) is 3.93. The SMILES string of the molecule is C[C@]1(Cc2ccccc2)COC(c2ccccc2P(c2ccccc2)c2ccccc2)=N1. The summed E-state index contributed by atoms with van der Waals surface area (Å²) in [5.41, 5.74) is 2.13. The third-order valence-electron chi connectivity index (χ3n) is 5.72. The Hall–Kier alpha value is -3.22. The van der Waals surface area contributed by atoms with E-state index in [1.54, 1.807) is 0 Å². The van der Waals surface area contributed by atoms with Crippen molar-refractivity contribution in [3.05, 3.63) is 126 Å². The van der Waals surface area contributed by atoms with Gasteiger partial charge < -0.3 is 4.74 Å². The van der Waals surface area contributed by atoms with Crippen molar-refractivity contribution in [2.45, 2.75) is 18.9 Å². The molecule has 158 valence electrons. The highest BCUT2D eigenvalue weighted by atomic mass is 31.1. The lowest BCUT2D eigenvalue weighted by Crippen LogP contribution is -2.26. The van der Waals surface area contributed by atoms with Crippen molar-refractivity contribution >= 4 is 29.7 Å². The van der Waals surface area contributed by atoms with Crippen molar-refractivity contribution in [2.75, 3.05) is 6.61 Å². The molecule has 0 fully saturated rings. The molecule has 3 heteroatoms. The molecular weight excluding hydrogens is 409 g/mol. The molecule has 0 aromatic heterocycles. The first kappa shape index (κ1) is 20.7. The third-order valence-corrected chi connectivity index (χ3v) is 8.22. The van der Waals surface area contributed by atoms with Crippen LogP contribution in [0, 0.1) is 0 Å². The van der Waals surface area contributed by atoms with Gasteiger partial charge in [-0.2, -0.15) is 0 Å². The summed E-state index contributed by atoms with van der Waals surface area (Å²) in [7, 11) is -0.723. The van der Waals surface area contributed by atoms with E-state index in [0.29, 0.717) is 6.61 Å². The van der Waals surface area contributed by atoms with Crippen molar-refractivity contribution in [3.63, 3.8) is 0 Å². The molecule has 32 heavy (non-hydrogen) atoms. The van der Waals surface area contributed by atoms with Crippen LogP contribution in [-0.4, -0.2) is 18.0 Å². The van der Waals surface area contributed by atoms with E-state index < -0.39 is 7.92 Å². The molecular formula is C29H26NOP. The number of nitrogens with zero attached hydrogens (tertiary/aromatic N) is 1. The molecule has 0 aliphatic carbocycles. The van der Waals surface area contributed by atoms with Gasteiger partial charge in [-0.15, -0.1) is 0 Å². The van der Waals surface area contributed by atoms with E-state index >= 15 is 0 Å². The maximum absolute atomic E-state index is 6.25. The lowest BCUT2D eigenvalue weighted by Gasteiger charge is -2.22. The Balaban J connectivity index is 1.56. The minimum atomic E-state index is -0.723. The van der Waals surface area contributed by atoms with Crippen molar-refractivity contribution in [3.8, 4) is 0 Å². The smallest absolute Gasteiger partial charge is 0.217 e.